The molecule has 0 saturated carbocycles. The van der Waals surface area contributed by atoms with Gasteiger partial charge in [0.25, 0.3) is 11.8 Å². The number of likely N-dealkylation sites (N-methyl/N-ethyl adjacent to an activating group) is 1. The minimum atomic E-state index is -4.59. The Hall–Kier alpha value is -2.94. The number of para-hydroxylation sites is 1. The highest BCUT2D eigenvalue weighted by molar-refractivity contribution is 6.32. The third kappa shape index (κ3) is 7.06. The average Bonchev–Trinajstić information content (AvgIpc) is 2.72. The molecule has 31 heavy (non-hydrogen) atoms. The van der Waals surface area contributed by atoms with Gasteiger partial charge in [-0.15, -0.1) is 0 Å². The highest BCUT2D eigenvalue weighted by Gasteiger charge is 2.34. The van der Waals surface area contributed by atoms with Crippen LogP contribution < -0.4 is 14.8 Å². The standard InChI is InChI=1S/C21H22ClF3N2O4/c1-3-27(4-2)20(29)13-31-18-10-9-14(11-16(18)22)26-19(28)12-30-17-8-6-5-7-15(17)21(23,24)25/h5-11H,3-4,12-13H2,1-2H3,(H,26,28). The number of hydrogen-bond acceptors (Lipinski definition) is 4. The molecule has 6 nitrogen and oxygen atoms in total. The highest BCUT2D eigenvalue weighted by atomic mass is 35.5. The number of ether oxygens (including phenoxy) is 2. The van der Waals surface area contributed by atoms with E-state index in [1.54, 1.807) is 4.90 Å². The van der Waals surface area contributed by atoms with Crippen LogP contribution in [0.5, 0.6) is 11.5 Å². The van der Waals surface area contributed by atoms with Crippen LogP contribution in [0.4, 0.5) is 18.9 Å². The minimum Gasteiger partial charge on any atom is -0.483 e. The molecule has 2 aromatic carbocycles. The number of benzene rings is 2. The molecule has 168 valence electrons. The van der Waals surface area contributed by atoms with E-state index in [4.69, 9.17) is 21.1 Å². The van der Waals surface area contributed by atoms with Gasteiger partial charge in [-0.25, -0.2) is 0 Å². The monoisotopic (exact) mass is 458 g/mol. The summed E-state index contributed by atoms with van der Waals surface area (Å²) in [5.74, 6) is -1.03. The van der Waals surface area contributed by atoms with Gasteiger partial charge in [-0.05, 0) is 44.2 Å². The van der Waals surface area contributed by atoms with Gasteiger partial charge in [0.15, 0.2) is 13.2 Å². The number of nitrogens with one attached hydrogen (secondary N) is 1. The quantitative estimate of drug-likeness (QED) is 0.595. The summed E-state index contributed by atoms with van der Waals surface area (Å²) < 4.78 is 49.4. The van der Waals surface area contributed by atoms with Crippen molar-refractivity contribution < 1.29 is 32.2 Å². The number of hydrogen-bond donors (Lipinski definition) is 1. The van der Waals surface area contributed by atoms with Crippen molar-refractivity contribution in [3.8, 4) is 11.5 Å². The van der Waals surface area contributed by atoms with Crippen molar-refractivity contribution in [2.75, 3.05) is 31.6 Å². The van der Waals surface area contributed by atoms with Gasteiger partial charge in [-0.2, -0.15) is 13.2 Å². The molecule has 0 spiro atoms. The molecule has 10 heteroatoms. The number of halogens is 4. The Morgan fingerprint density at radius 2 is 1.65 bits per heavy atom. The van der Waals surface area contributed by atoms with Crippen LogP contribution in [0, 0.1) is 0 Å². The molecular weight excluding hydrogens is 437 g/mol. The number of nitrogens with zero attached hydrogens (tertiary/aromatic N) is 1. The van der Waals surface area contributed by atoms with Crippen molar-refractivity contribution in [3.05, 3.63) is 53.1 Å². The van der Waals surface area contributed by atoms with Gasteiger partial charge in [0, 0.05) is 18.8 Å². The molecule has 2 aromatic rings. The number of rotatable bonds is 9. The van der Waals surface area contributed by atoms with Crippen molar-refractivity contribution in [2.45, 2.75) is 20.0 Å². The van der Waals surface area contributed by atoms with Gasteiger partial charge in [-0.1, -0.05) is 23.7 Å². The van der Waals surface area contributed by atoms with Crippen molar-refractivity contribution in [2.24, 2.45) is 0 Å². The molecule has 0 aromatic heterocycles. The Labute approximate surface area is 182 Å². The number of carbonyl (C=O) groups is 2. The largest absolute Gasteiger partial charge is 0.483 e. The van der Waals surface area contributed by atoms with E-state index in [0.717, 1.165) is 12.1 Å². The molecule has 0 unspecified atom stereocenters. The second-order valence-corrected chi connectivity index (χ2v) is 6.74. The number of anilines is 1. The maximum Gasteiger partial charge on any atom is 0.419 e. The van der Waals surface area contributed by atoms with Crippen LogP contribution in [0.2, 0.25) is 5.02 Å². The highest BCUT2D eigenvalue weighted by Crippen LogP contribution is 2.35. The molecule has 0 fully saturated rings. The van der Waals surface area contributed by atoms with Crippen molar-refractivity contribution in [3.63, 3.8) is 0 Å². The fourth-order valence-corrected chi connectivity index (χ4v) is 2.90. The van der Waals surface area contributed by atoms with Gasteiger partial charge < -0.3 is 19.7 Å². The van der Waals surface area contributed by atoms with E-state index in [2.05, 4.69) is 5.32 Å². The van der Waals surface area contributed by atoms with Crippen LogP contribution in [0.1, 0.15) is 19.4 Å². The summed E-state index contributed by atoms with van der Waals surface area (Å²) in [5.41, 5.74) is -0.670. The van der Waals surface area contributed by atoms with E-state index in [-0.39, 0.29) is 23.3 Å². The van der Waals surface area contributed by atoms with Crippen LogP contribution >= 0.6 is 11.6 Å². The number of alkyl halides is 3. The third-order valence-corrected chi connectivity index (χ3v) is 4.53. The maximum absolute atomic E-state index is 13.0. The Bertz CT molecular complexity index is 918. The van der Waals surface area contributed by atoms with Gasteiger partial charge in [0.1, 0.15) is 11.5 Å². The predicted molar refractivity (Wildman–Crippen MR) is 110 cm³/mol. The number of carbonyl (C=O) groups excluding carboxylic acids is 2. The lowest BCUT2D eigenvalue weighted by Gasteiger charge is -2.19. The lowest BCUT2D eigenvalue weighted by molar-refractivity contribution is -0.139. The first-order valence-corrected chi connectivity index (χ1v) is 9.82. The molecule has 0 saturated heterocycles. The van der Waals surface area contributed by atoms with E-state index in [1.807, 2.05) is 13.8 Å². The topological polar surface area (TPSA) is 67.9 Å². The lowest BCUT2D eigenvalue weighted by Crippen LogP contribution is -2.34. The lowest BCUT2D eigenvalue weighted by atomic mass is 10.2. The summed E-state index contributed by atoms with van der Waals surface area (Å²) in [7, 11) is 0. The Kier molecular flexibility index (Phi) is 8.56. The van der Waals surface area contributed by atoms with Crippen LogP contribution in [0.15, 0.2) is 42.5 Å². The van der Waals surface area contributed by atoms with Crippen LogP contribution in [-0.2, 0) is 15.8 Å². The SMILES string of the molecule is CCN(CC)C(=O)COc1ccc(NC(=O)COc2ccccc2C(F)(F)F)cc1Cl. The summed E-state index contributed by atoms with van der Waals surface area (Å²) in [6.07, 6.45) is -4.59. The first-order valence-electron chi connectivity index (χ1n) is 9.44. The molecule has 2 amide bonds. The molecule has 0 atom stereocenters. The predicted octanol–water partition coefficient (Wildman–Crippen LogP) is 4.62. The molecule has 0 aliphatic rings. The zero-order chi connectivity index (χ0) is 23.0. The van der Waals surface area contributed by atoms with Crippen molar-refractivity contribution in [1.29, 1.82) is 0 Å². The van der Waals surface area contributed by atoms with E-state index in [9.17, 15) is 22.8 Å². The molecule has 0 bridgehead atoms. The van der Waals surface area contributed by atoms with Crippen LogP contribution in [0.3, 0.4) is 0 Å². The van der Waals surface area contributed by atoms with E-state index in [0.29, 0.717) is 18.8 Å². The van der Waals surface area contributed by atoms with E-state index >= 15 is 0 Å². The zero-order valence-electron chi connectivity index (χ0n) is 17.0. The fraction of sp³-hybridized carbons (Fsp3) is 0.333. The first kappa shape index (κ1) is 24.3. The average molecular weight is 459 g/mol. The Morgan fingerprint density at radius 3 is 2.26 bits per heavy atom. The minimum absolute atomic E-state index is 0.161. The summed E-state index contributed by atoms with van der Waals surface area (Å²) in [4.78, 5) is 25.7. The molecule has 1 N–H and O–H groups in total. The van der Waals surface area contributed by atoms with Crippen molar-refractivity contribution in [1.82, 2.24) is 4.90 Å². The number of amides is 2. The Morgan fingerprint density at radius 1 is 1.00 bits per heavy atom. The molecule has 0 heterocycles. The summed E-state index contributed by atoms with van der Waals surface area (Å²) >= 11 is 6.13. The summed E-state index contributed by atoms with van der Waals surface area (Å²) in [5, 5.41) is 2.64. The first-order chi connectivity index (χ1) is 14.7. The Balaban J connectivity index is 1.93. The normalized spacial score (nSPS) is 11.0. The van der Waals surface area contributed by atoms with Crippen LogP contribution in [0.25, 0.3) is 0 Å². The summed E-state index contributed by atoms with van der Waals surface area (Å²) in [6, 6.07) is 9.00. The van der Waals surface area contributed by atoms with E-state index < -0.39 is 30.0 Å². The second kappa shape index (κ2) is 10.9. The molecular formula is C21H22ClF3N2O4. The van der Waals surface area contributed by atoms with Gasteiger partial charge >= 0.3 is 6.18 Å². The fourth-order valence-electron chi connectivity index (χ4n) is 2.67. The smallest absolute Gasteiger partial charge is 0.419 e. The van der Waals surface area contributed by atoms with Gasteiger partial charge in [-0.3, -0.25) is 9.59 Å². The molecule has 0 aliphatic heterocycles. The van der Waals surface area contributed by atoms with Gasteiger partial charge in [0.05, 0.1) is 10.6 Å². The molecule has 0 aliphatic carbocycles. The third-order valence-electron chi connectivity index (χ3n) is 4.23. The van der Waals surface area contributed by atoms with E-state index in [1.165, 1.54) is 30.3 Å². The van der Waals surface area contributed by atoms with Crippen molar-refractivity contribution >= 4 is 29.1 Å². The maximum atomic E-state index is 13.0. The zero-order valence-corrected chi connectivity index (χ0v) is 17.7. The second-order valence-electron chi connectivity index (χ2n) is 6.33. The molecule has 2 rings (SSSR count). The van der Waals surface area contributed by atoms with Gasteiger partial charge in [0.2, 0.25) is 0 Å². The molecule has 0 radical (unpaired) electrons. The summed E-state index contributed by atoms with van der Waals surface area (Å²) in [6.45, 7) is 4.04. The van der Waals surface area contributed by atoms with Crippen LogP contribution in [-0.4, -0.2) is 43.0 Å².